The molecule has 4 aliphatic carbocycles. The van der Waals surface area contributed by atoms with Crippen molar-refractivity contribution in [1.82, 2.24) is 0 Å². The van der Waals surface area contributed by atoms with Gasteiger partial charge in [0.1, 0.15) is 6.61 Å². The van der Waals surface area contributed by atoms with E-state index >= 15 is 0 Å². The van der Waals surface area contributed by atoms with E-state index in [0.717, 1.165) is 12.0 Å². The number of ether oxygens (including phenoxy) is 2. The van der Waals surface area contributed by atoms with E-state index in [1.165, 1.54) is 0 Å². The minimum atomic E-state index is -0.444. The lowest BCUT2D eigenvalue weighted by atomic mass is 9.62. The van der Waals surface area contributed by atoms with Crippen molar-refractivity contribution in [2.45, 2.75) is 20.0 Å². The van der Waals surface area contributed by atoms with Gasteiger partial charge in [-0.05, 0) is 43.1 Å². The van der Waals surface area contributed by atoms with Crippen LogP contribution in [-0.2, 0) is 25.7 Å². The van der Waals surface area contributed by atoms with Crippen molar-refractivity contribution in [3.63, 3.8) is 0 Å². The summed E-state index contributed by atoms with van der Waals surface area (Å²) in [6, 6.07) is 7.30. The molecule has 0 amide bonds. The first-order valence-corrected chi connectivity index (χ1v) is 9.24. The lowest BCUT2D eigenvalue weighted by Crippen LogP contribution is -2.47. The molecular weight excluding hydrogens is 340 g/mol. The zero-order valence-corrected chi connectivity index (χ0v) is 14.8. The molecule has 5 heteroatoms. The van der Waals surface area contributed by atoms with E-state index in [1.807, 2.05) is 18.2 Å². The van der Waals surface area contributed by atoms with Gasteiger partial charge in [-0.2, -0.15) is 0 Å². The van der Waals surface area contributed by atoms with Crippen molar-refractivity contribution in [3.8, 4) is 0 Å². The Kier molecular flexibility index (Phi) is 4.32. The summed E-state index contributed by atoms with van der Waals surface area (Å²) in [5.41, 5.74) is 0.769. The monoisotopic (exact) mass is 360 g/mol. The van der Waals surface area contributed by atoms with Crippen LogP contribution in [0.25, 0.3) is 0 Å². The number of fused-ring (bicyclic) bond motifs is 1. The predicted molar refractivity (Wildman–Crippen MR) is 92.6 cm³/mol. The number of esters is 2. The molecule has 2 bridgehead atoms. The quantitative estimate of drug-likeness (QED) is 0.594. The molecule has 1 aromatic rings. The maximum atomic E-state index is 12.8. The number of carbonyl (C=O) groups is 2. The van der Waals surface area contributed by atoms with E-state index in [4.69, 9.17) is 21.1 Å². The normalized spacial score (nSPS) is 34.3. The number of halogens is 1. The smallest absolute Gasteiger partial charge is 0.310 e. The van der Waals surface area contributed by atoms with Crippen LogP contribution in [0.15, 0.2) is 36.4 Å². The molecule has 1 aromatic carbocycles. The van der Waals surface area contributed by atoms with Crippen molar-refractivity contribution in [3.05, 3.63) is 47.0 Å². The first-order valence-electron chi connectivity index (χ1n) is 8.86. The molecule has 5 rings (SSSR count). The Morgan fingerprint density at radius 1 is 1.04 bits per heavy atom. The number of hydrogen-bond donors (Lipinski definition) is 0. The van der Waals surface area contributed by atoms with Crippen molar-refractivity contribution in [2.75, 3.05) is 6.61 Å². The zero-order chi connectivity index (χ0) is 17.6. The van der Waals surface area contributed by atoms with Crippen LogP contribution in [-0.4, -0.2) is 18.5 Å². The minimum absolute atomic E-state index is 0.0863. The summed E-state index contributed by atoms with van der Waals surface area (Å²) >= 11 is 6.13. The van der Waals surface area contributed by atoms with Crippen molar-refractivity contribution in [2.24, 2.45) is 35.5 Å². The largest absolute Gasteiger partial charge is 0.466 e. The van der Waals surface area contributed by atoms with Gasteiger partial charge >= 0.3 is 11.9 Å². The highest BCUT2D eigenvalue weighted by molar-refractivity contribution is 6.31. The molecule has 0 saturated heterocycles. The predicted octanol–water partition coefficient (Wildman–Crippen LogP) is 3.63. The highest BCUT2D eigenvalue weighted by Crippen LogP contribution is 2.63. The van der Waals surface area contributed by atoms with Gasteiger partial charge in [0, 0.05) is 10.6 Å². The van der Waals surface area contributed by atoms with Gasteiger partial charge in [-0.3, -0.25) is 9.59 Å². The highest BCUT2D eigenvalue weighted by atomic mass is 35.5. The molecular formula is C20H21ClO4. The third kappa shape index (κ3) is 2.86. The molecule has 132 valence electrons. The second-order valence-corrected chi connectivity index (χ2v) is 7.51. The third-order valence-corrected chi connectivity index (χ3v) is 6.18. The van der Waals surface area contributed by atoms with E-state index in [-0.39, 0.29) is 30.4 Å². The summed E-state index contributed by atoms with van der Waals surface area (Å²) in [5, 5.41) is 0.574. The number of carbonyl (C=O) groups excluding carboxylic acids is 2. The van der Waals surface area contributed by atoms with E-state index < -0.39 is 11.8 Å². The Bertz CT molecular complexity index is 728. The summed E-state index contributed by atoms with van der Waals surface area (Å²) in [5.74, 6) is -0.224. The van der Waals surface area contributed by atoms with E-state index in [2.05, 4.69) is 12.2 Å². The van der Waals surface area contributed by atoms with Crippen LogP contribution >= 0.6 is 11.6 Å². The van der Waals surface area contributed by atoms with Crippen LogP contribution in [0.3, 0.4) is 0 Å². The topological polar surface area (TPSA) is 52.6 Å². The van der Waals surface area contributed by atoms with Gasteiger partial charge in [0.15, 0.2) is 0 Å². The molecule has 4 aliphatic rings. The SMILES string of the molecule is CCOC(=O)[C@@H]1[C@H]2C=C[C@@H]([C@@H]3C[C@H]23)[C@@H]1C(=O)OCc1ccccc1Cl. The second kappa shape index (κ2) is 6.49. The molecule has 0 N–H and O–H groups in total. The van der Waals surface area contributed by atoms with Crippen LogP contribution < -0.4 is 0 Å². The lowest BCUT2D eigenvalue weighted by Gasteiger charge is -2.41. The van der Waals surface area contributed by atoms with E-state index in [1.54, 1.807) is 13.0 Å². The van der Waals surface area contributed by atoms with Gasteiger partial charge in [-0.1, -0.05) is 42.0 Å². The van der Waals surface area contributed by atoms with Crippen molar-refractivity contribution >= 4 is 23.5 Å². The van der Waals surface area contributed by atoms with Crippen LogP contribution in [0.5, 0.6) is 0 Å². The summed E-state index contributed by atoms with van der Waals surface area (Å²) < 4.78 is 10.8. The van der Waals surface area contributed by atoms with Crippen LogP contribution in [0.2, 0.25) is 5.02 Å². The molecule has 0 radical (unpaired) electrons. The van der Waals surface area contributed by atoms with Gasteiger partial charge < -0.3 is 9.47 Å². The highest BCUT2D eigenvalue weighted by Gasteiger charge is 2.63. The molecule has 4 nitrogen and oxygen atoms in total. The molecule has 2 saturated carbocycles. The Morgan fingerprint density at radius 3 is 2.24 bits per heavy atom. The minimum Gasteiger partial charge on any atom is -0.466 e. The molecule has 0 aromatic heterocycles. The molecule has 2 fully saturated rings. The van der Waals surface area contributed by atoms with Crippen LogP contribution in [0.1, 0.15) is 18.9 Å². The average molecular weight is 361 g/mol. The Labute approximate surface area is 152 Å². The maximum Gasteiger partial charge on any atom is 0.310 e. The van der Waals surface area contributed by atoms with Gasteiger partial charge in [0.25, 0.3) is 0 Å². The summed E-state index contributed by atoms with van der Waals surface area (Å²) in [7, 11) is 0. The molecule has 0 aliphatic heterocycles. The number of hydrogen-bond acceptors (Lipinski definition) is 4. The number of allylic oxidation sites excluding steroid dienone is 2. The van der Waals surface area contributed by atoms with Crippen LogP contribution in [0.4, 0.5) is 0 Å². The maximum absolute atomic E-state index is 12.8. The van der Waals surface area contributed by atoms with Crippen molar-refractivity contribution in [1.29, 1.82) is 0 Å². The van der Waals surface area contributed by atoms with Gasteiger partial charge in [0.05, 0.1) is 18.4 Å². The van der Waals surface area contributed by atoms with Crippen LogP contribution in [0, 0.1) is 35.5 Å². The fourth-order valence-electron chi connectivity index (χ4n) is 4.62. The zero-order valence-electron chi connectivity index (χ0n) is 14.1. The van der Waals surface area contributed by atoms with E-state index in [0.29, 0.717) is 23.5 Å². The Hall–Kier alpha value is -1.81. The summed E-state index contributed by atoms with van der Waals surface area (Å²) in [6.07, 6.45) is 5.31. The van der Waals surface area contributed by atoms with E-state index in [9.17, 15) is 9.59 Å². The Balaban J connectivity index is 1.52. The Morgan fingerprint density at radius 2 is 1.64 bits per heavy atom. The van der Waals surface area contributed by atoms with Crippen molar-refractivity contribution < 1.29 is 19.1 Å². The fourth-order valence-corrected chi connectivity index (χ4v) is 4.81. The van der Waals surface area contributed by atoms with Gasteiger partial charge in [-0.25, -0.2) is 0 Å². The molecule has 0 spiro atoms. The van der Waals surface area contributed by atoms with Gasteiger partial charge in [0.2, 0.25) is 0 Å². The first kappa shape index (κ1) is 16.6. The standard InChI is InChI=1S/C20H21ClO4/c1-2-24-19(22)17-12-7-8-13(15-9-14(12)15)18(17)20(23)25-10-11-5-3-4-6-16(11)21/h3-8,12-15,17-18H,2,9-10H2,1H3/t12-,13-,14+,15-,17+,18-/m0/s1. The molecule has 0 heterocycles. The second-order valence-electron chi connectivity index (χ2n) is 7.11. The lowest BCUT2D eigenvalue weighted by molar-refractivity contribution is -0.168. The molecule has 0 unspecified atom stereocenters. The summed E-state index contributed by atoms with van der Waals surface area (Å²) in [6.45, 7) is 2.24. The average Bonchev–Trinajstić information content (AvgIpc) is 3.43. The molecule has 6 atom stereocenters. The fraction of sp³-hybridized carbons (Fsp3) is 0.500. The first-order chi connectivity index (χ1) is 12.1. The molecule has 25 heavy (non-hydrogen) atoms. The number of rotatable bonds is 5. The van der Waals surface area contributed by atoms with Gasteiger partial charge in [-0.15, -0.1) is 0 Å². The summed E-state index contributed by atoms with van der Waals surface area (Å²) in [4.78, 5) is 25.4. The number of benzene rings is 1. The third-order valence-electron chi connectivity index (χ3n) is 5.81.